The van der Waals surface area contributed by atoms with Gasteiger partial charge >= 0.3 is 0 Å². The number of amides is 1. The first-order chi connectivity index (χ1) is 14.0. The van der Waals surface area contributed by atoms with Gasteiger partial charge in [-0.25, -0.2) is 4.98 Å². The van der Waals surface area contributed by atoms with E-state index >= 15 is 0 Å². The second-order valence-electron chi connectivity index (χ2n) is 8.08. The van der Waals surface area contributed by atoms with E-state index < -0.39 is 5.60 Å². The maximum atomic E-state index is 13.0. The van der Waals surface area contributed by atoms with E-state index in [4.69, 9.17) is 4.52 Å². The van der Waals surface area contributed by atoms with E-state index in [9.17, 15) is 9.90 Å². The average molecular weight is 400 g/mol. The molecule has 0 saturated carbocycles. The van der Waals surface area contributed by atoms with Crippen LogP contribution in [-0.4, -0.2) is 87.4 Å². The fraction of sp³-hybridized carbons (Fsp3) is 0.600. The van der Waals surface area contributed by atoms with Crippen LogP contribution in [0.15, 0.2) is 23.1 Å². The number of hydrogen-bond donors (Lipinski definition) is 1. The van der Waals surface area contributed by atoms with E-state index in [0.717, 1.165) is 38.4 Å². The van der Waals surface area contributed by atoms with Gasteiger partial charge in [-0.05, 0) is 26.7 Å². The largest absolute Gasteiger partial charge is 0.387 e. The zero-order valence-electron chi connectivity index (χ0n) is 17.0. The number of likely N-dealkylation sites (tertiary alicyclic amines) is 1. The number of nitrogens with zero attached hydrogens (tertiary/aromatic N) is 6. The number of rotatable bonds is 4. The van der Waals surface area contributed by atoms with Crippen molar-refractivity contribution >= 4 is 11.7 Å². The smallest absolute Gasteiger partial charge is 0.259 e. The third-order valence-electron chi connectivity index (χ3n) is 5.85. The number of piperidine rings is 1. The van der Waals surface area contributed by atoms with E-state index in [1.54, 1.807) is 37.3 Å². The third-order valence-corrected chi connectivity index (χ3v) is 5.85. The van der Waals surface area contributed by atoms with Crippen molar-refractivity contribution in [2.75, 3.05) is 50.7 Å². The maximum Gasteiger partial charge on any atom is 0.259 e. The lowest BCUT2D eigenvalue weighted by Crippen LogP contribution is -2.58. The van der Waals surface area contributed by atoms with Crippen LogP contribution < -0.4 is 4.90 Å². The zero-order valence-corrected chi connectivity index (χ0v) is 17.0. The minimum Gasteiger partial charge on any atom is -0.387 e. The first kappa shape index (κ1) is 19.8. The monoisotopic (exact) mass is 400 g/mol. The summed E-state index contributed by atoms with van der Waals surface area (Å²) >= 11 is 0. The molecule has 0 spiro atoms. The first-order valence-corrected chi connectivity index (χ1v) is 10.1. The fourth-order valence-electron chi connectivity index (χ4n) is 4.37. The molecule has 4 heterocycles. The molecule has 9 heteroatoms. The first-order valence-electron chi connectivity index (χ1n) is 10.1. The topological polar surface area (TPSA) is 98.8 Å². The fourth-order valence-corrected chi connectivity index (χ4v) is 4.37. The number of carbonyl (C=O) groups excluding carboxylic acids is 1. The Bertz CT molecular complexity index is 830. The van der Waals surface area contributed by atoms with Crippen molar-refractivity contribution in [3.05, 3.63) is 35.6 Å². The van der Waals surface area contributed by atoms with Gasteiger partial charge in [0.15, 0.2) is 0 Å². The summed E-state index contributed by atoms with van der Waals surface area (Å²) in [6.07, 6.45) is 6.64. The van der Waals surface area contributed by atoms with Gasteiger partial charge in [0.1, 0.15) is 17.1 Å². The molecule has 9 nitrogen and oxygen atoms in total. The molecule has 1 atom stereocenters. The minimum atomic E-state index is -0.901. The van der Waals surface area contributed by atoms with Gasteiger partial charge < -0.3 is 19.4 Å². The Morgan fingerprint density at radius 3 is 2.66 bits per heavy atom. The summed E-state index contributed by atoms with van der Waals surface area (Å²) in [5.74, 6) is 1.31. The highest BCUT2D eigenvalue weighted by molar-refractivity contribution is 5.96. The standard InChI is InChI=1S/C20H28N6O3/c1-15-18(16(2)29-23-15)19(27)26-7-3-4-20(28,14-26)13-24-8-10-25(11-9-24)17-12-21-5-6-22-17/h5-6,12,28H,3-4,7-11,13-14H2,1-2H3. The Morgan fingerprint density at radius 1 is 1.21 bits per heavy atom. The van der Waals surface area contributed by atoms with E-state index in [0.29, 0.717) is 43.1 Å². The molecule has 1 amide bonds. The van der Waals surface area contributed by atoms with Gasteiger partial charge in [-0.1, -0.05) is 5.16 Å². The van der Waals surface area contributed by atoms with Gasteiger partial charge in [0, 0.05) is 51.7 Å². The van der Waals surface area contributed by atoms with E-state index in [2.05, 4.69) is 24.9 Å². The number of aliphatic hydroxyl groups is 1. The molecule has 4 rings (SSSR count). The maximum absolute atomic E-state index is 13.0. The minimum absolute atomic E-state index is 0.105. The predicted molar refractivity (Wildman–Crippen MR) is 107 cm³/mol. The van der Waals surface area contributed by atoms with Gasteiger partial charge in [0.05, 0.1) is 24.0 Å². The van der Waals surface area contributed by atoms with Crippen LogP contribution in [0.25, 0.3) is 0 Å². The van der Waals surface area contributed by atoms with Crippen molar-refractivity contribution in [3.8, 4) is 0 Å². The highest BCUT2D eigenvalue weighted by Crippen LogP contribution is 2.26. The third kappa shape index (κ3) is 4.25. The summed E-state index contributed by atoms with van der Waals surface area (Å²) in [5.41, 5.74) is 0.218. The predicted octanol–water partition coefficient (Wildman–Crippen LogP) is 0.871. The zero-order chi connectivity index (χ0) is 20.4. The Kier molecular flexibility index (Phi) is 5.51. The highest BCUT2D eigenvalue weighted by atomic mass is 16.5. The number of carbonyl (C=O) groups is 1. The molecule has 2 aromatic heterocycles. The lowest BCUT2D eigenvalue weighted by molar-refractivity contribution is -0.0474. The number of hydrogen-bond acceptors (Lipinski definition) is 8. The van der Waals surface area contributed by atoms with Crippen molar-refractivity contribution < 1.29 is 14.4 Å². The molecular weight excluding hydrogens is 372 g/mol. The molecular formula is C20H28N6O3. The van der Waals surface area contributed by atoms with Crippen LogP contribution in [0.5, 0.6) is 0 Å². The summed E-state index contributed by atoms with van der Waals surface area (Å²) in [6.45, 7) is 8.44. The normalized spacial score (nSPS) is 23.4. The molecule has 0 radical (unpaired) electrons. The van der Waals surface area contributed by atoms with Gasteiger partial charge in [-0.15, -0.1) is 0 Å². The molecule has 2 aromatic rings. The second kappa shape index (κ2) is 8.08. The molecule has 1 N–H and O–H groups in total. The van der Waals surface area contributed by atoms with E-state index in [1.807, 2.05) is 0 Å². The van der Waals surface area contributed by atoms with Crippen molar-refractivity contribution in [1.82, 2.24) is 24.9 Å². The van der Waals surface area contributed by atoms with Crippen LogP contribution in [0.4, 0.5) is 5.82 Å². The molecule has 0 aromatic carbocycles. The van der Waals surface area contributed by atoms with Crippen molar-refractivity contribution in [3.63, 3.8) is 0 Å². The van der Waals surface area contributed by atoms with Crippen LogP contribution in [-0.2, 0) is 0 Å². The van der Waals surface area contributed by atoms with Gasteiger partial charge in [-0.2, -0.15) is 0 Å². The average Bonchev–Trinajstić information content (AvgIpc) is 3.06. The van der Waals surface area contributed by atoms with Crippen molar-refractivity contribution in [2.24, 2.45) is 0 Å². The van der Waals surface area contributed by atoms with Crippen LogP contribution in [0.3, 0.4) is 0 Å². The molecule has 0 aliphatic carbocycles. The summed E-state index contributed by atoms with van der Waals surface area (Å²) in [4.78, 5) is 27.7. The molecule has 2 saturated heterocycles. The Hall–Kier alpha value is -2.52. The number of piperazine rings is 1. The van der Waals surface area contributed by atoms with Crippen LogP contribution in [0.1, 0.15) is 34.7 Å². The number of β-amino-alcohol motifs (C(OH)–C–C–N with tert-alkyl or cyclic N) is 1. The van der Waals surface area contributed by atoms with Crippen LogP contribution >= 0.6 is 0 Å². The quantitative estimate of drug-likeness (QED) is 0.807. The SMILES string of the molecule is Cc1noc(C)c1C(=O)N1CCCC(O)(CN2CCN(c3cnccn3)CC2)C1. The Labute approximate surface area is 170 Å². The molecule has 156 valence electrons. The van der Waals surface area contributed by atoms with Crippen molar-refractivity contribution in [1.29, 1.82) is 0 Å². The summed E-state index contributed by atoms with van der Waals surface area (Å²) in [7, 11) is 0. The van der Waals surface area contributed by atoms with Gasteiger partial charge in [0.2, 0.25) is 0 Å². The van der Waals surface area contributed by atoms with E-state index in [-0.39, 0.29) is 5.91 Å². The summed E-state index contributed by atoms with van der Waals surface area (Å²) in [6, 6.07) is 0. The van der Waals surface area contributed by atoms with Crippen LogP contribution in [0.2, 0.25) is 0 Å². The molecule has 29 heavy (non-hydrogen) atoms. The number of anilines is 1. The summed E-state index contributed by atoms with van der Waals surface area (Å²) in [5, 5.41) is 15.1. The summed E-state index contributed by atoms with van der Waals surface area (Å²) < 4.78 is 5.14. The lowest BCUT2D eigenvalue weighted by atomic mass is 9.91. The molecule has 2 fully saturated rings. The van der Waals surface area contributed by atoms with E-state index in [1.165, 1.54) is 0 Å². The number of aromatic nitrogens is 3. The lowest BCUT2D eigenvalue weighted by Gasteiger charge is -2.44. The molecule has 0 bridgehead atoms. The molecule has 1 unspecified atom stereocenters. The second-order valence-corrected chi connectivity index (χ2v) is 8.08. The van der Waals surface area contributed by atoms with Crippen LogP contribution in [0, 0.1) is 13.8 Å². The van der Waals surface area contributed by atoms with Gasteiger partial charge in [-0.3, -0.25) is 14.7 Å². The Balaban J connectivity index is 1.36. The van der Waals surface area contributed by atoms with Gasteiger partial charge in [0.25, 0.3) is 5.91 Å². The molecule has 2 aliphatic heterocycles. The van der Waals surface area contributed by atoms with Crippen molar-refractivity contribution in [2.45, 2.75) is 32.3 Å². The number of aryl methyl sites for hydroxylation is 2. The molecule has 2 aliphatic rings. The Morgan fingerprint density at radius 2 is 2.00 bits per heavy atom. The highest BCUT2D eigenvalue weighted by Gasteiger charge is 2.38.